The highest BCUT2D eigenvalue weighted by Gasteiger charge is 2.11. The number of nitrogens with zero attached hydrogens (tertiary/aromatic N) is 3. The molecule has 1 N–H and O–H groups in total. The molecule has 1 aliphatic rings. The minimum Gasteiger partial charge on any atom is -0.357 e. The molecular formula is C14H13FN4O2. The molecule has 0 atom stereocenters. The number of halogens is 1. The smallest absolute Gasteiger partial charge is 0.253 e. The molecule has 0 spiro atoms. The molecule has 2 aromatic rings. The van der Waals surface area contributed by atoms with E-state index < -0.39 is 6.67 Å². The quantitative estimate of drug-likeness (QED) is 0.844. The molecule has 0 radical (unpaired) electrons. The van der Waals surface area contributed by atoms with Crippen LogP contribution in [0.2, 0.25) is 0 Å². The third kappa shape index (κ3) is 2.76. The molecule has 1 aliphatic heterocycles. The summed E-state index contributed by atoms with van der Waals surface area (Å²) in [6.07, 6.45) is 8.53. The van der Waals surface area contributed by atoms with E-state index in [-0.39, 0.29) is 12.5 Å². The van der Waals surface area contributed by atoms with Crippen molar-refractivity contribution in [1.29, 1.82) is 0 Å². The maximum atomic E-state index is 12.1. The maximum Gasteiger partial charge on any atom is 0.253 e. The summed E-state index contributed by atoms with van der Waals surface area (Å²) in [5.74, 6) is -0.339. The number of fused-ring (bicyclic) bond motifs is 1. The van der Waals surface area contributed by atoms with Crippen LogP contribution < -0.4 is 20.9 Å². The minimum absolute atomic E-state index is 0.00325. The van der Waals surface area contributed by atoms with Crippen molar-refractivity contribution in [3.8, 4) is 0 Å². The molecule has 3 heterocycles. The van der Waals surface area contributed by atoms with E-state index in [2.05, 4.69) is 15.5 Å². The molecule has 7 heteroatoms. The van der Waals surface area contributed by atoms with Crippen molar-refractivity contribution in [2.24, 2.45) is 0 Å². The standard InChI is InChI=1S/C14H13FN4O2/c15-2-3-17-14(20)10-5-12(8-16-6-10)19-4-1-13-11(9-19)7-18-21-13/h1,5-9H,2-4H2,(H,17,20). The molecule has 2 aromatic heterocycles. The first-order valence-corrected chi connectivity index (χ1v) is 6.46. The molecule has 1 amide bonds. The number of pyridine rings is 1. The highest BCUT2D eigenvalue weighted by molar-refractivity contribution is 5.94. The van der Waals surface area contributed by atoms with Gasteiger partial charge in [0.15, 0.2) is 5.42 Å². The largest absolute Gasteiger partial charge is 0.357 e. The van der Waals surface area contributed by atoms with E-state index in [4.69, 9.17) is 4.52 Å². The second kappa shape index (κ2) is 5.74. The van der Waals surface area contributed by atoms with Gasteiger partial charge in [0.25, 0.3) is 5.91 Å². The number of amides is 1. The summed E-state index contributed by atoms with van der Waals surface area (Å²) in [5, 5.41) is 7.08. The number of anilines is 1. The van der Waals surface area contributed by atoms with Gasteiger partial charge >= 0.3 is 0 Å². The molecular weight excluding hydrogens is 275 g/mol. The number of aromatic nitrogens is 2. The highest BCUT2D eigenvalue weighted by Crippen LogP contribution is 2.15. The molecule has 0 aliphatic carbocycles. The van der Waals surface area contributed by atoms with E-state index in [1.54, 1.807) is 18.5 Å². The Morgan fingerprint density at radius 2 is 2.33 bits per heavy atom. The summed E-state index contributed by atoms with van der Waals surface area (Å²) in [4.78, 5) is 17.8. The van der Waals surface area contributed by atoms with Crippen molar-refractivity contribution in [2.75, 3.05) is 24.7 Å². The first-order valence-electron chi connectivity index (χ1n) is 6.46. The number of nitrogens with one attached hydrogen (secondary N) is 1. The first-order chi connectivity index (χ1) is 10.3. The van der Waals surface area contributed by atoms with Gasteiger partial charge in [0, 0.05) is 25.5 Å². The van der Waals surface area contributed by atoms with Crippen LogP contribution in [0.25, 0.3) is 12.3 Å². The number of carbonyl (C=O) groups is 1. The SMILES string of the molecule is O=C(NCCF)c1cncc(N2C=c3cnoc3=CC2)c1. The lowest BCUT2D eigenvalue weighted by molar-refractivity contribution is 0.0950. The van der Waals surface area contributed by atoms with Crippen molar-refractivity contribution in [3.05, 3.63) is 40.9 Å². The van der Waals surface area contributed by atoms with Gasteiger partial charge in [-0.2, -0.15) is 0 Å². The topological polar surface area (TPSA) is 71.3 Å². The van der Waals surface area contributed by atoms with Gasteiger partial charge in [-0.05, 0) is 12.1 Å². The van der Waals surface area contributed by atoms with Gasteiger partial charge in [0.1, 0.15) is 6.67 Å². The number of rotatable bonds is 4. The van der Waals surface area contributed by atoms with E-state index in [0.717, 1.165) is 16.3 Å². The van der Waals surface area contributed by atoms with Crippen LogP contribution in [0, 0.1) is 0 Å². The molecule has 6 nitrogen and oxygen atoms in total. The molecule has 0 unspecified atom stereocenters. The van der Waals surface area contributed by atoms with E-state index in [1.165, 1.54) is 6.20 Å². The molecule has 0 aromatic carbocycles. The van der Waals surface area contributed by atoms with E-state index in [1.807, 2.05) is 17.2 Å². The van der Waals surface area contributed by atoms with Crippen LogP contribution in [0.5, 0.6) is 0 Å². The summed E-state index contributed by atoms with van der Waals surface area (Å²) in [6.45, 7) is 0.000140. The lowest BCUT2D eigenvalue weighted by Crippen LogP contribution is -2.33. The van der Waals surface area contributed by atoms with E-state index in [0.29, 0.717) is 12.1 Å². The lowest BCUT2D eigenvalue weighted by atomic mass is 10.2. The second-order valence-electron chi connectivity index (χ2n) is 4.51. The van der Waals surface area contributed by atoms with Crippen molar-refractivity contribution in [1.82, 2.24) is 15.5 Å². The number of alkyl halides is 1. The molecule has 0 fully saturated rings. The third-order valence-electron chi connectivity index (χ3n) is 3.09. The Bertz CT molecular complexity index is 771. The summed E-state index contributed by atoms with van der Waals surface area (Å²) in [5.41, 5.74) is 1.90. The molecule has 0 saturated carbocycles. The van der Waals surface area contributed by atoms with Crippen molar-refractivity contribution in [3.63, 3.8) is 0 Å². The summed E-state index contributed by atoms with van der Waals surface area (Å²) < 4.78 is 17.2. The van der Waals surface area contributed by atoms with Crippen molar-refractivity contribution >= 4 is 23.9 Å². The van der Waals surface area contributed by atoms with Crippen LogP contribution in [-0.2, 0) is 0 Å². The Morgan fingerprint density at radius 3 is 3.19 bits per heavy atom. The minimum atomic E-state index is -0.593. The van der Waals surface area contributed by atoms with Crippen LogP contribution in [-0.4, -0.2) is 35.8 Å². The molecule has 0 saturated heterocycles. The zero-order valence-corrected chi connectivity index (χ0v) is 11.1. The van der Waals surface area contributed by atoms with Crippen LogP contribution >= 0.6 is 0 Å². The highest BCUT2D eigenvalue weighted by atomic mass is 19.1. The van der Waals surface area contributed by atoms with Crippen LogP contribution in [0.3, 0.4) is 0 Å². The first kappa shape index (κ1) is 13.3. The van der Waals surface area contributed by atoms with Gasteiger partial charge in [0.05, 0.1) is 28.9 Å². The van der Waals surface area contributed by atoms with Crippen LogP contribution in [0.1, 0.15) is 10.4 Å². The zero-order valence-electron chi connectivity index (χ0n) is 11.1. The molecule has 0 bridgehead atoms. The Kier molecular flexibility index (Phi) is 3.63. The monoisotopic (exact) mass is 288 g/mol. The van der Waals surface area contributed by atoms with Crippen LogP contribution in [0.15, 0.2) is 29.2 Å². The van der Waals surface area contributed by atoms with Gasteiger partial charge in [-0.3, -0.25) is 9.78 Å². The summed E-state index contributed by atoms with van der Waals surface area (Å²) in [7, 11) is 0. The maximum absolute atomic E-state index is 12.1. The predicted octanol–water partition coefficient (Wildman–Crippen LogP) is -0.192. The Morgan fingerprint density at radius 1 is 1.43 bits per heavy atom. The number of hydrogen-bond donors (Lipinski definition) is 1. The lowest BCUT2D eigenvalue weighted by Gasteiger charge is -2.20. The second-order valence-corrected chi connectivity index (χ2v) is 4.51. The zero-order chi connectivity index (χ0) is 14.7. The Balaban J connectivity index is 1.85. The fraction of sp³-hybridized carbons (Fsp3) is 0.214. The van der Waals surface area contributed by atoms with Gasteiger partial charge in [-0.15, -0.1) is 0 Å². The van der Waals surface area contributed by atoms with Gasteiger partial charge < -0.3 is 14.7 Å². The summed E-state index contributed by atoms with van der Waals surface area (Å²) >= 11 is 0. The molecule has 108 valence electrons. The third-order valence-corrected chi connectivity index (χ3v) is 3.09. The molecule has 3 rings (SSSR count). The van der Waals surface area contributed by atoms with Crippen molar-refractivity contribution in [2.45, 2.75) is 0 Å². The average Bonchev–Trinajstić information content (AvgIpc) is 3.00. The van der Waals surface area contributed by atoms with Gasteiger partial charge in [-0.1, -0.05) is 5.16 Å². The predicted molar refractivity (Wildman–Crippen MR) is 74.6 cm³/mol. The number of hydrogen-bond acceptors (Lipinski definition) is 5. The van der Waals surface area contributed by atoms with Gasteiger partial charge in [0.2, 0.25) is 0 Å². The average molecular weight is 288 g/mol. The molecule has 21 heavy (non-hydrogen) atoms. The normalized spacial score (nSPS) is 13.1. The summed E-state index contributed by atoms with van der Waals surface area (Å²) in [6, 6.07) is 1.71. The van der Waals surface area contributed by atoms with E-state index >= 15 is 0 Å². The van der Waals surface area contributed by atoms with Gasteiger partial charge in [-0.25, -0.2) is 4.39 Å². The van der Waals surface area contributed by atoms with Crippen LogP contribution in [0.4, 0.5) is 10.1 Å². The van der Waals surface area contributed by atoms with Crippen molar-refractivity contribution < 1.29 is 13.7 Å². The fourth-order valence-electron chi connectivity index (χ4n) is 2.06. The Hall–Kier alpha value is -2.70. The van der Waals surface area contributed by atoms with E-state index in [9.17, 15) is 9.18 Å². The Labute approximate surface area is 119 Å². The number of carbonyl (C=O) groups excluding carboxylic acids is 1. The fourth-order valence-corrected chi connectivity index (χ4v) is 2.06.